The second-order valence-electron chi connectivity index (χ2n) is 6.66. The molecule has 0 aromatic heterocycles. The molecule has 0 radical (unpaired) electrons. The molecule has 0 amide bonds. The van der Waals surface area contributed by atoms with E-state index in [0.717, 1.165) is 30.9 Å². The number of hydrogen-bond acceptors (Lipinski definition) is 2. The third kappa shape index (κ3) is 5.87. The van der Waals surface area contributed by atoms with E-state index in [-0.39, 0.29) is 5.54 Å². The van der Waals surface area contributed by atoms with Crippen LogP contribution in [0.2, 0.25) is 0 Å². The van der Waals surface area contributed by atoms with Crippen LogP contribution in [0.5, 0.6) is 0 Å². The molecule has 1 N–H and O–H groups in total. The van der Waals surface area contributed by atoms with Crippen molar-refractivity contribution in [2.75, 3.05) is 11.6 Å². The van der Waals surface area contributed by atoms with E-state index < -0.39 is 0 Å². The Hall–Kier alpha value is -0.960. The fourth-order valence-electron chi connectivity index (χ4n) is 2.58. The summed E-state index contributed by atoms with van der Waals surface area (Å²) in [5, 5.41) is 4.66. The van der Waals surface area contributed by atoms with Crippen LogP contribution in [0.4, 0.5) is 5.69 Å². The SMILES string of the molecule is CCCc1cc(CC)c(NC(=NC(C)(C)CC)SC)c(CC)c1. The minimum absolute atomic E-state index is 0.0216. The second kappa shape index (κ2) is 9.36. The molecule has 0 spiro atoms. The molecule has 0 saturated carbocycles. The monoisotopic (exact) mass is 334 g/mol. The van der Waals surface area contributed by atoms with Crippen molar-refractivity contribution in [3.05, 3.63) is 28.8 Å². The fourth-order valence-corrected chi connectivity index (χ4v) is 3.12. The van der Waals surface area contributed by atoms with Crippen molar-refractivity contribution in [2.24, 2.45) is 4.99 Å². The van der Waals surface area contributed by atoms with Gasteiger partial charge in [0.1, 0.15) is 0 Å². The molecular formula is C20H34N2S. The Labute approximate surface area is 147 Å². The largest absolute Gasteiger partial charge is 0.335 e. The van der Waals surface area contributed by atoms with Gasteiger partial charge in [-0.1, -0.05) is 58.0 Å². The number of anilines is 1. The van der Waals surface area contributed by atoms with Crippen LogP contribution in [0.15, 0.2) is 17.1 Å². The van der Waals surface area contributed by atoms with Gasteiger partial charge in [0.2, 0.25) is 0 Å². The topological polar surface area (TPSA) is 24.4 Å². The van der Waals surface area contributed by atoms with Crippen molar-refractivity contribution in [1.82, 2.24) is 0 Å². The maximum Gasteiger partial charge on any atom is 0.161 e. The van der Waals surface area contributed by atoms with Crippen molar-refractivity contribution >= 4 is 22.6 Å². The van der Waals surface area contributed by atoms with Crippen LogP contribution in [0.25, 0.3) is 0 Å². The van der Waals surface area contributed by atoms with Gasteiger partial charge in [-0.2, -0.15) is 0 Å². The van der Waals surface area contributed by atoms with Gasteiger partial charge in [0.25, 0.3) is 0 Å². The second-order valence-corrected chi connectivity index (χ2v) is 7.45. The van der Waals surface area contributed by atoms with Crippen molar-refractivity contribution in [3.8, 4) is 0 Å². The van der Waals surface area contributed by atoms with Crippen LogP contribution in [-0.2, 0) is 19.3 Å². The lowest BCUT2D eigenvalue weighted by Gasteiger charge is -2.22. The quantitative estimate of drug-likeness (QED) is 0.482. The van der Waals surface area contributed by atoms with Crippen molar-refractivity contribution < 1.29 is 0 Å². The highest BCUT2D eigenvalue weighted by molar-refractivity contribution is 8.13. The third-order valence-electron chi connectivity index (χ3n) is 4.36. The molecule has 0 saturated heterocycles. The number of thioether (sulfide) groups is 1. The first kappa shape index (κ1) is 20.1. The van der Waals surface area contributed by atoms with Gasteiger partial charge in [-0.05, 0) is 62.5 Å². The Morgan fingerprint density at radius 1 is 1.09 bits per heavy atom. The molecule has 1 rings (SSSR count). The summed E-state index contributed by atoms with van der Waals surface area (Å²) in [7, 11) is 0. The standard InChI is InChI=1S/C20H34N2S/c1-8-12-15-13-16(9-2)18(17(10-3)14-15)21-19(23-7)22-20(5,6)11-4/h13-14H,8-12H2,1-7H3,(H,21,22). The molecule has 0 aliphatic heterocycles. The van der Waals surface area contributed by atoms with Gasteiger partial charge in [-0.25, -0.2) is 0 Å². The molecular weight excluding hydrogens is 300 g/mol. The first-order valence-corrected chi connectivity index (χ1v) is 10.2. The van der Waals surface area contributed by atoms with Gasteiger partial charge in [0.05, 0.1) is 5.54 Å². The summed E-state index contributed by atoms with van der Waals surface area (Å²) < 4.78 is 0. The van der Waals surface area contributed by atoms with Crippen LogP contribution in [-0.4, -0.2) is 17.0 Å². The Morgan fingerprint density at radius 2 is 1.65 bits per heavy atom. The lowest BCUT2D eigenvalue weighted by Crippen LogP contribution is -2.21. The van der Waals surface area contributed by atoms with E-state index in [1.807, 2.05) is 0 Å². The Bertz CT molecular complexity index is 507. The van der Waals surface area contributed by atoms with Gasteiger partial charge in [-0.15, -0.1) is 0 Å². The highest BCUT2D eigenvalue weighted by atomic mass is 32.2. The smallest absolute Gasteiger partial charge is 0.161 e. The number of aryl methyl sites for hydroxylation is 3. The van der Waals surface area contributed by atoms with Crippen LogP contribution in [0.3, 0.4) is 0 Å². The summed E-state index contributed by atoms with van der Waals surface area (Å²) in [6.07, 6.45) is 7.58. The number of nitrogens with zero attached hydrogens (tertiary/aromatic N) is 1. The minimum atomic E-state index is -0.0216. The van der Waals surface area contributed by atoms with E-state index in [1.165, 1.54) is 28.8 Å². The molecule has 23 heavy (non-hydrogen) atoms. The highest BCUT2D eigenvalue weighted by Gasteiger charge is 2.16. The zero-order chi connectivity index (χ0) is 17.5. The molecule has 130 valence electrons. The molecule has 0 atom stereocenters. The van der Waals surface area contributed by atoms with E-state index in [2.05, 4.69) is 65.2 Å². The van der Waals surface area contributed by atoms with E-state index in [4.69, 9.17) is 4.99 Å². The average molecular weight is 335 g/mol. The number of nitrogens with one attached hydrogen (secondary N) is 1. The predicted octanol–water partition coefficient (Wildman–Crippen LogP) is 6.08. The number of amidine groups is 1. The predicted molar refractivity (Wildman–Crippen MR) is 108 cm³/mol. The number of rotatable bonds is 7. The summed E-state index contributed by atoms with van der Waals surface area (Å²) in [4.78, 5) is 4.92. The first-order chi connectivity index (χ1) is 10.9. The van der Waals surface area contributed by atoms with Gasteiger partial charge < -0.3 is 5.32 Å². The number of hydrogen-bond donors (Lipinski definition) is 1. The molecule has 2 nitrogen and oxygen atoms in total. The number of aliphatic imine (C=N–C) groups is 1. The van der Waals surface area contributed by atoms with Crippen LogP contribution >= 0.6 is 11.8 Å². The van der Waals surface area contributed by atoms with Crippen LogP contribution in [0, 0.1) is 0 Å². The normalized spacial score (nSPS) is 12.6. The van der Waals surface area contributed by atoms with Gasteiger partial charge in [0.15, 0.2) is 5.17 Å². The molecule has 0 bridgehead atoms. The maximum absolute atomic E-state index is 4.92. The molecule has 0 aliphatic rings. The Balaban J connectivity index is 3.24. The van der Waals surface area contributed by atoms with Gasteiger partial charge >= 0.3 is 0 Å². The summed E-state index contributed by atoms with van der Waals surface area (Å²) in [6.45, 7) is 13.3. The zero-order valence-corrected chi connectivity index (χ0v) is 16.9. The van der Waals surface area contributed by atoms with Crippen molar-refractivity contribution in [2.45, 2.75) is 79.2 Å². The summed E-state index contributed by atoms with van der Waals surface area (Å²) >= 11 is 1.70. The average Bonchev–Trinajstić information content (AvgIpc) is 2.54. The van der Waals surface area contributed by atoms with Crippen molar-refractivity contribution in [3.63, 3.8) is 0 Å². The number of benzene rings is 1. The lowest BCUT2D eigenvalue weighted by atomic mass is 9.97. The molecule has 0 unspecified atom stereocenters. The zero-order valence-electron chi connectivity index (χ0n) is 16.0. The van der Waals surface area contributed by atoms with E-state index in [1.54, 1.807) is 11.8 Å². The first-order valence-electron chi connectivity index (χ1n) is 8.96. The molecule has 0 aliphatic carbocycles. The van der Waals surface area contributed by atoms with E-state index in [0.29, 0.717) is 0 Å². The van der Waals surface area contributed by atoms with Gasteiger partial charge in [-0.3, -0.25) is 4.99 Å². The van der Waals surface area contributed by atoms with E-state index >= 15 is 0 Å². The van der Waals surface area contributed by atoms with Crippen molar-refractivity contribution in [1.29, 1.82) is 0 Å². The van der Waals surface area contributed by atoms with E-state index in [9.17, 15) is 0 Å². The molecule has 0 fully saturated rings. The summed E-state index contributed by atoms with van der Waals surface area (Å²) in [6, 6.07) is 4.74. The molecule has 3 heteroatoms. The fraction of sp³-hybridized carbons (Fsp3) is 0.650. The third-order valence-corrected chi connectivity index (χ3v) is 4.94. The van der Waals surface area contributed by atoms with Gasteiger partial charge in [0, 0.05) is 5.69 Å². The summed E-state index contributed by atoms with van der Waals surface area (Å²) in [5.41, 5.74) is 5.53. The summed E-state index contributed by atoms with van der Waals surface area (Å²) in [5.74, 6) is 0. The molecule has 0 heterocycles. The molecule has 1 aromatic rings. The Kier molecular flexibility index (Phi) is 8.18. The molecule has 1 aromatic carbocycles. The van der Waals surface area contributed by atoms with Crippen LogP contribution < -0.4 is 5.32 Å². The maximum atomic E-state index is 4.92. The Morgan fingerprint density at radius 3 is 2.04 bits per heavy atom. The van der Waals surface area contributed by atoms with Crippen LogP contribution in [0.1, 0.15) is 71.1 Å². The highest BCUT2D eigenvalue weighted by Crippen LogP contribution is 2.27. The minimum Gasteiger partial charge on any atom is -0.335 e. The lowest BCUT2D eigenvalue weighted by molar-refractivity contribution is 0.506.